The number of aromatic nitrogens is 2. The Morgan fingerprint density at radius 2 is 2.06 bits per heavy atom. The number of pyridine rings is 1. The summed E-state index contributed by atoms with van der Waals surface area (Å²) in [5.74, 6) is -1.64. The molecule has 1 unspecified atom stereocenters. The van der Waals surface area contributed by atoms with E-state index in [1.807, 2.05) is 0 Å². The SMILES string of the molecule is Cc1nc2c(C(C)C(F)(F)F)c(N)cnc2s1. The maximum atomic E-state index is 12.7. The largest absolute Gasteiger partial charge is 0.397 e. The molecule has 2 aromatic rings. The zero-order valence-electron chi connectivity index (χ0n) is 9.17. The first-order valence-corrected chi connectivity index (χ1v) is 5.70. The average molecular weight is 261 g/mol. The summed E-state index contributed by atoms with van der Waals surface area (Å²) in [4.78, 5) is 8.56. The third-order valence-electron chi connectivity index (χ3n) is 2.53. The first-order valence-electron chi connectivity index (χ1n) is 4.89. The Labute approximate surface area is 99.5 Å². The van der Waals surface area contributed by atoms with Crippen molar-refractivity contribution in [1.82, 2.24) is 9.97 Å². The normalized spacial score (nSPS) is 14.2. The highest BCUT2D eigenvalue weighted by Crippen LogP contribution is 2.40. The summed E-state index contributed by atoms with van der Waals surface area (Å²) < 4.78 is 38.2. The van der Waals surface area contributed by atoms with Crippen LogP contribution in [0.2, 0.25) is 0 Å². The summed E-state index contributed by atoms with van der Waals surface area (Å²) in [6, 6.07) is 0. The van der Waals surface area contributed by atoms with Crippen molar-refractivity contribution in [2.45, 2.75) is 25.9 Å². The Bertz CT molecular complexity index is 562. The van der Waals surface area contributed by atoms with Crippen LogP contribution in [0, 0.1) is 6.92 Å². The van der Waals surface area contributed by atoms with Gasteiger partial charge in [-0.15, -0.1) is 0 Å². The van der Waals surface area contributed by atoms with E-state index >= 15 is 0 Å². The van der Waals surface area contributed by atoms with Gasteiger partial charge in [-0.1, -0.05) is 11.3 Å². The molecular formula is C10H10F3N3S. The number of anilines is 1. The molecule has 92 valence electrons. The minimum atomic E-state index is -4.33. The first-order chi connectivity index (χ1) is 7.80. The molecular weight excluding hydrogens is 251 g/mol. The van der Waals surface area contributed by atoms with Crippen LogP contribution in [-0.2, 0) is 0 Å². The van der Waals surface area contributed by atoms with Crippen LogP contribution >= 0.6 is 11.3 Å². The van der Waals surface area contributed by atoms with Gasteiger partial charge in [-0.2, -0.15) is 13.2 Å². The lowest BCUT2D eigenvalue weighted by atomic mass is 9.99. The van der Waals surface area contributed by atoms with Crippen molar-refractivity contribution in [3.8, 4) is 0 Å². The lowest BCUT2D eigenvalue weighted by molar-refractivity contribution is -0.145. The highest BCUT2D eigenvalue weighted by molar-refractivity contribution is 7.18. The molecule has 3 nitrogen and oxygen atoms in total. The van der Waals surface area contributed by atoms with E-state index < -0.39 is 12.1 Å². The van der Waals surface area contributed by atoms with Gasteiger partial charge < -0.3 is 5.73 Å². The maximum Gasteiger partial charge on any atom is 0.395 e. The Hall–Kier alpha value is -1.37. The van der Waals surface area contributed by atoms with E-state index in [-0.39, 0.29) is 16.8 Å². The van der Waals surface area contributed by atoms with E-state index in [1.54, 1.807) is 6.92 Å². The van der Waals surface area contributed by atoms with Crippen LogP contribution in [-0.4, -0.2) is 16.1 Å². The fourth-order valence-corrected chi connectivity index (χ4v) is 2.41. The molecule has 0 saturated heterocycles. The van der Waals surface area contributed by atoms with Crippen molar-refractivity contribution in [3.63, 3.8) is 0 Å². The van der Waals surface area contributed by atoms with E-state index in [4.69, 9.17) is 5.73 Å². The van der Waals surface area contributed by atoms with Gasteiger partial charge in [0.05, 0.1) is 22.8 Å². The molecule has 0 aliphatic rings. The number of alkyl halides is 3. The van der Waals surface area contributed by atoms with Gasteiger partial charge in [0.25, 0.3) is 0 Å². The number of nitrogen functional groups attached to an aromatic ring is 1. The number of aryl methyl sites for hydroxylation is 1. The fraction of sp³-hybridized carbons (Fsp3) is 0.400. The average Bonchev–Trinajstić information content (AvgIpc) is 2.56. The molecule has 0 aliphatic heterocycles. The van der Waals surface area contributed by atoms with Crippen molar-refractivity contribution in [2.24, 2.45) is 0 Å². The molecule has 2 heterocycles. The topological polar surface area (TPSA) is 51.8 Å². The van der Waals surface area contributed by atoms with Crippen LogP contribution in [0.5, 0.6) is 0 Å². The Kier molecular flexibility index (Phi) is 2.73. The van der Waals surface area contributed by atoms with Crippen molar-refractivity contribution in [1.29, 1.82) is 0 Å². The molecule has 0 amide bonds. The van der Waals surface area contributed by atoms with Gasteiger partial charge in [0.2, 0.25) is 0 Å². The van der Waals surface area contributed by atoms with Crippen molar-refractivity contribution < 1.29 is 13.2 Å². The highest BCUT2D eigenvalue weighted by Gasteiger charge is 2.39. The maximum absolute atomic E-state index is 12.7. The zero-order valence-corrected chi connectivity index (χ0v) is 9.99. The molecule has 0 aromatic carbocycles. The quantitative estimate of drug-likeness (QED) is 0.857. The van der Waals surface area contributed by atoms with Gasteiger partial charge in [0.1, 0.15) is 10.3 Å². The van der Waals surface area contributed by atoms with Gasteiger partial charge in [-0.3, -0.25) is 0 Å². The van der Waals surface area contributed by atoms with Crippen LogP contribution in [0.15, 0.2) is 6.20 Å². The summed E-state index contributed by atoms with van der Waals surface area (Å²) in [5.41, 5.74) is 5.91. The molecule has 2 N–H and O–H groups in total. The number of hydrogen-bond acceptors (Lipinski definition) is 4. The third kappa shape index (κ3) is 2.06. The van der Waals surface area contributed by atoms with Gasteiger partial charge in [0, 0.05) is 5.56 Å². The van der Waals surface area contributed by atoms with Crippen LogP contribution in [0.3, 0.4) is 0 Å². The molecule has 0 saturated carbocycles. The molecule has 1 atom stereocenters. The number of nitrogens with zero attached hydrogens (tertiary/aromatic N) is 2. The molecule has 7 heteroatoms. The van der Waals surface area contributed by atoms with Gasteiger partial charge in [-0.05, 0) is 13.8 Å². The van der Waals surface area contributed by atoms with E-state index in [2.05, 4.69) is 9.97 Å². The number of halogens is 3. The molecule has 0 bridgehead atoms. The second-order valence-electron chi connectivity index (χ2n) is 3.78. The monoisotopic (exact) mass is 261 g/mol. The summed E-state index contributed by atoms with van der Waals surface area (Å²) in [6.45, 7) is 2.81. The second kappa shape index (κ2) is 3.83. The molecule has 0 radical (unpaired) electrons. The summed E-state index contributed by atoms with van der Waals surface area (Å²) >= 11 is 1.26. The number of rotatable bonds is 1. The van der Waals surface area contributed by atoms with E-state index in [1.165, 1.54) is 17.5 Å². The first kappa shape index (κ1) is 12.1. The smallest absolute Gasteiger partial charge is 0.395 e. The minimum absolute atomic E-state index is 0.0202. The fourth-order valence-electron chi connectivity index (χ4n) is 1.63. The number of fused-ring (bicyclic) bond motifs is 1. The summed E-state index contributed by atoms with van der Waals surface area (Å²) in [5, 5.41) is 0.675. The summed E-state index contributed by atoms with van der Waals surface area (Å²) in [7, 11) is 0. The molecule has 0 fully saturated rings. The predicted molar refractivity (Wildman–Crippen MR) is 61.0 cm³/mol. The lowest BCUT2D eigenvalue weighted by Crippen LogP contribution is -2.19. The van der Waals surface area contributed by atoms with Crippen LogP contribution in [0.25, 0.3) is 10.3 Å². The number of hydrogen-bond donors (Lipinski definition) is 1. The predicted octanol–water partition coefficient (Wildman–Crippen LogP) is 3.25. The van der Waals surface area contributed by atoms with E-state index in [0.717, 1.165) is 6.92 Å². The summed E-state index contributed by atoms with van der Waals surface area (Å²) in [6.07, 6.45) is -3.07. The Balaban J connectivity index is 2.70. The Morgan fingerprint density at radius 1 is 1.41 bits per heavy atom. The number of nitrogens with two attached hydrogens (primary N) is 1. The van der Waals surface area contributed by atoms with Crippen molar-refractivity contribution >= 4 is 27.4 Å². The van der Waals surface area contributed by atoms with Crippen molar-refractivity contribution in [2.75, 3.05) is 5.73 Å². The van der Waals surface area contributed by atoms with Gasteiger partial charge in [-0.25, -0.2) is 9.97 Å². The second-order valence-corrected chi connectivity index (χ2v) is 4.96. The number of thiazole rings is 1. The van der Waals surface area contributed by atoms with Crippen LogP contribution in [0.4, 0.5) is 18.9 Å². The van der Waals surface area contributed by atoms with E-state index in [9.17, 15) is 13.2 Å². The van der Waals surface area contributed by atoms with Gasteiger partial charge in [0.15, 0.2) is 0 Å². The molecule has 0 spiro atoms. The van der Waals surface area contributed by atoms with Crippen molar-refractivity contribution in [3.05, 3.63) is 16.8 Å². The standard InChI is InChI=1S/C10H10F3N3S/c1-4(10(11,12)13)7-6(14)3-15-9-8(7)16-5(2)17-9/h3-4H,14H2,1-2H3. The van der Waals surface area contributed by atoms with E-state index in [0.29, 0.717) is 9.84 Å². The highest BCUT2D eigenvalue weighted by atomic mass is 32.1. The molecule has 2 aromatic heterocycles. The molecule has 0 aliphatic carbocycles. The zero-order chi connectivity index (χ0) is 12.8. The minimum Gasteiger partial charge on any atom is -0.397 e. The molecule has 17 heavy (non-hydrogen) atoms. The Morgan fingerprint density at radius 3 is 2.65 bits per heavy atom. The molecule has 2 rings (SSSR count). The van der Waals surface area contributed by atoms with Gasteiger partial charge >= 0.3 is 6.18 Å². The lowest BCUT2D eigenvalue weighted by Gasteiger charge is -2.17. The van der Waals surface area contributed by atoms with Crippen LogP contribution < -0.4 is 5.73 Å². The third-order valence-corrected chi connectivity index (χ3v) is 3.41. The van der Waals surface area contributed by atoms with Crippen LogP contribution in [0.1, 0.15) is 23.4 Å².